The lowest BCUT2D eigenvalue weighted by Crippen LogP contribution is -2.44. The number of nitrogens with one attached hydrogen (secondary N) is 2. The van der Waals surface area contributed by atoms with E-state index in [4.69, 9.17) is 4.99 Å². The second-order valence-corrected chi connectivity index (χ2v) is 6.57. The van der Waals surface area contributed by atoms with E-state index in [1.807, 2.05) is 11.7 Å². The van der Waals surface area contributed by atoms with Crippen LogP contribution in [0.5, 0.6) is 0 Å². The van der Waals surface area contributed by atoms with E-state index in [-0.39, 0.29) is 24.0 Å². The Labute approximate surface area is 157 Å². The second-order valence-electron chi connectivity index (χ2n) is 6.57. The smallest absolute Gasteiger partial charge is 0.191 e. The van der Waals surface area contributed by atoms with Gasteiger partial charge in [0.25, 0.3) is 0 Å². The van der Waals surface area contributed by atoms with Gasteiger partial charge < -0.3 is 10.6 Å². The van der Waals surface area contributed by atoms with Gasteiger partial charge in [0.1, 0.15) is 0 Å². The lowest BCUT2D eigenvalue weighted by molar-refractivity contribution is 0.329. The molecule has 23 heavy (non-hydrogen) atoms. The predicted octanol–water partition coefficient (Wildman–Crippen LogP) is 3.29. The van der Waals surface area contributed by atoms with E-state index >= 15 is 0 Å². The van der Waals surface area contributed by atoms with Crippen LogP contribution in [-0.4, -0.2) is 28.3 Å². The van der Waals surface area contributed by atoms with E-state index in [9.17, 15) is 0 Å². The molecule has 1 heterocycles. The average Bonchev–Trinajstić information content (AvgIpc) is 2.72. The minimum atomic E-state index is 0. The molecule has 6 heteroatoms. The number of hydrogen-bond donors (Lipinski definition) is 2. The molecule has 0 aromatic carbocycles. The van der Waals surface area contributed by atoms with Crippen LogP contribution in [0.4, 0.5) is 0 Å². The number of hydrogen-bond acceptors (Lipinski definition) is 2. The van der Waals surface area contributed by atoms with Crippen LogP contribution in [0.15, 0.2) is 4.99 Å². The first-order valence-electron chi connectivity index (χ1n) is 8.55. The number of rotatable bonds is 4. The maximum absolute atomic E-state index is 4.77. The van der Waals surface area contributed by atoms with Crippen molar-refractivity contribution in [2.24, 2.45) is 18.0 Å². The summed E-state index contributed by atoms with van der Waals surface area (Å²) in [7, 11) is 1.99. The fourth-order valence-corrected chi connectivity index (χ4v) is 3.12. The highest BCUT2D eigenvalue weighted by Gasteiger charge is 2.19. The topological polar surface area (TPSA) is 54.2 Å². The van der Waals surface area contributed by atoms with Crippen LogP contribution in [0.3, 0.4) is 0 Å². The van der Waals surface area contributed by atoms with Gasteiger partial charge in [-0.05, 0) is 52.4 Å². The summed E-state index contributed by atoms with van der Waals surface area (Å²) in [4.78, 5) is 4.77. The molecular formula is C17H32IN5. The fraction of sp³-hybridized carbons (Fsp3) is 0.765. The molecule has 0 saturated heterocycles. The van der Waals surface area contributed by atoms with Crippen LogP contribution < -0.4 is 10.6 Å². The van der Waals surface area contributed by atoms with Gasteiger partial charge in [-0.15, -0.1) is 24.0 Å². The highest BCUT2D eigenvalue weighted by atomic mass is 127. The molecule has 1 aliphatic carbocycles. The standard InChI is InChI=1S/C17H31N5.HI/c1-6-18-17(20-15-9-7-12(2)8-10-15)19-11-16-13(3)21-22(5)14(16)4;/h12,15H,6-11H2,1-5H3,(H2,18,19,20);1H. The third-order valence-electron chi connectivity index (χ3n) is 4.76. The van der Waals surface area contributed by atoms with Gasteiger partial charge in [-0.2, -0.15) is 5.10 Å². The average molecular weight is 433 g/mol. The minimum Gasteiger partial charge on any atom is -0.357 e. The molecule has 1 aromatic rings. The Morgan fingerprint density at radius 2 is 1.91 bits per heavy atom. The maximum atomic E-state index is 4.77. The number of aromatic nitrogens is 2. The number of aliphatic imine (C=N–C) groups is 1. The van der Waals surface area contributed by atoms with Crippen LogP contribution in [0.1, 0.15) is 56.5 Å². The van der Waals surface area contributed by atoms with Gasteiger partial charge in [0, 0.05) is 30.9 Å². The van der Waals surface area contributed by atoms with Crippen LogP contribution in [0.2, 0.25) is 0 Å². The summed E-state index contributed by atoms with van der Waals surface area (Å²) in [6.45, 7) is 10.2. The third kappa shape index (κ3) is 5.65. The summed E-state index contributed by atoms with van der Waals surface area (Å²) in [5.74, 6) is 1.81. The first-order valence-corrected chi connectivity index (χ1v) is 8.55. The van der Waals surface area contributed by atoms with Crippen molar-refractivity contribution in [3.05, 3.63) is 17.0 Å². The summed E-state index contributed by atoms with van der Waals surface area (Å²) >= 11 is 0. The molecule has 0 spiro atoms. The number of aryl methyl sites for hydroxylation is 2. The van der Waals surface area contributed by atoms with E-state index in [0.29, 0.717) is 12.6 Å². The van der Waals surface area contributed by atoms with Crippen molar-refractivity contribution < 1.29 is 0 Å². The number of halogens is 1. The Kier molecular flexibility index (Phi) is 8.36. The van der Waals surface area contributed by atoms with Crippen LogP contribution >= 0.6 is 24.0 Å². The Bertz CT molecular complexity index is 515. The summed E-state index contributed by atoms with van der Waals surface area (Å²) in [6, 6.07) is 0.560. The molecule has 0 aliphatic heterocycles. The van der Waals surface area contributed by atoms with Crippen molar-refractivity contribution >= 4 is 29.9 Å². The van der Waals surface area contributed by atoms with Gasteiger partial charge in [-0.1, -0.05) is 6.92 Å². The predicted molar refractivity (Wildman–Crippen MR) is 107 cm³/mol. The quantitative estimate of drug-likeness (QED) is 0.435. The third-order valence-corrected chi connectivity index (χ3v) is 4.76. The summed E-state index contributed by atoms with van der Waals surface area (Å²) in [5, 5.41) is 11.4. The van der Waals surface area contributed by atoms with Gasteiger partial charge in [-0.25, -0.2) is 4.99 Å². The molecule has 0 atom stereocenters. The van der Waals surface area contributed by atoms with Crippen molar-refractivity contribution in [1.29, 1.82) is 0 Å². The van der Waals surface area contributed by atoms with E-state index in [1.165, 1.54) is 36.9 Å². The van der Waals surface area contributed by atoms with Crippen molar-refractivity contribution in [3.8, 4) is 0 Å². The van der Waals surface area contributed by atoms with Crippen molar-refractivity contribution in [1.82, 2.24) is 20.4 Å². The van der Waals surface area contributed by atoms with Gasteiger partial charge in [0.05, 0.1) is 12.2 Å². The normalized spacial score (nSPS) is 21.7. The first-order chi connectivity index (χ1) is 10.5. The summed E-state index contributed by atoms with van der Waals surface area (Å²) < 4.78 is 1.93. The summed E-state index contributed by atoms with van der Waals surface area (Å²) in [6.07, 6.45) is 5.13. The molecular weight excluding hydrogens is 401 g/mol. The molecule has 132 valence electrons. The molecule has 0 amide bonds. The van der Waals surface area contributed by atoms with Crippen LogP contribution in [-0.2, 0) is 13.6 Å². The molecule has 0 bridgehead atoms. The highest BCUT2D eigenvalue weighted by molar-refractivity contribution is 14.0. The fourth-order valence-electron chi connectivity index (χ4n) is 3.12. The van der Waals surface area contributed by atoms with Gasteiger partial charge in [0.2, 0.25) is 0 Å². The molecule has 1 aromatic heterocycles. The molecule has 2 N–H and O–H groups in total. The Morgan fingerprint density at radius 1 is 1.26 bits per heavy atom. The Balaban J connectivity index is 0.00000264. The lowest BCUT2D eigenvalue weighted by Gasteiger charge is -2.28. The Hall–Kier alpha value is -0.790. The van der Waals surface area contributed by atoms with Crippen molar-refractivity contribution in [2.45, 2.75) is 66.0 Å². The first kappa shape index (κ1) is 20.3. The zero-order valence-corrected chi connectivity index (χ0v) is 17.5. The summed E-state index contributed by atoms with van der Waals surface area (Å²) in [5.41, 5.74) is 3.51. The zero-order chi connectivity index (χ0) is 16.1. The molecule has 1 saturated carbocycles. The van der Waals surface area contributed by atoms with E-state index in [0.717, 1.165) is 24.1 Å². The van der Waals surface area contributed by atoms with Gasteiger partial charge >= 0.3 is 0 Å². The monoisotopic (exact) mass is 433 g/mol. The SMILES string of the molecule is CCNC(=NCc1c(C)nn(C)c1C)NC1CCC(C)CC1.I. The van der Waals surface area contributed by atoms with E-state index < -0.39 is 0 Å². The molecule has 0 unspecified atom stereocenters. The Morgan fingerprint density at radius 3 is 2.43 bits per heavy atom. The largest absolute Gasteiger partial charge is 0.357 e. The minimum absolute atomic E-state index is 0. The lowest BCUT2D eigenvalue weighted by atomic mass is 9.87. The molecule has 2 rings (SSSR count). The highest BCUT2D eigenvalue weighted by Crippen LogP contribution is 2.23. The van der Waals surface area contributed by atoms with E-state index in [2.05, 4.69) is 43.4 Å². The van der Waals surface area contributed by atoms with Gasteiger partial charge in [-0.3, -0.25) is 4.68 Å². The van der Waals surface area contributed by atoms with Crippen molar-refractivity contribution in [3.63, 3.8) is 0 Å². The van der Waals surface area contributed by atoms with Crippen molar-refractivity contribution in [2.75, 3.05) is 6.54 Å². The van der Waals surface area contributed by atoms with Crippen LogP contribution in [0.25, 0.3) is 0 Å². The molecule has 0 radical (unpaired) electrons. The molecule has 1 fully saturated rings. The number of nitrogens with zero attached hydrogens (tertiary/aromatic N) is 3. The molecule has 1 aliphatic rings. The molecule has 5 nitrogen and oxygen atoms in total. The maximum Gasteiger partial charge on any atom is 0.191 e. The number of guanidine groups is 1. The van der Waals surface area contributed by atoms with Crippen LogP contribution in [0, 0.1) is 19.8 Å². The van der Waals surface area contributed by atoms with Gasteiger partial charge in [0.15, 0.2) is 5.96 Å². The van der Waals surface area contributed by atoms with E-state index in [1.54, 1.807) is 0 Å². The second kappa shape index (κ2) is 9.49. The zero-order valence-electron chi connectivity index (χ0n) is 15.1.